The van der Waals surface area contributed by atoms with Gasteiger partial charge in [-0.3, -0.25) is 8.61 Å². The number of carboxylic acid groups (broad SMARTS) is 2. The van der Waals surface area contributed by atoms with Gasteiger partial charge in [-0.1, -0.05) is 51.5 Å². The average molecular weight is 1260 g/mol. The zero-order valence-electron chi connectivity index (χ0n) is 51.2. The van der Waals surface area contributed by atoms with Crippen molar-refractivity contribution in [2.75, 3.05) is 96.5 Å². The smallest absolute Gasteiger partial charge is 0.414 e. The normalized spacial score (nSPS) is 11.9. The lowest BCUT2D eigenvalue weighted by Gasteiger charge is -2.29. The Morgan fingerprint density at radius 2 is 0.898 bits per heavy atom. The molecule has 88 heavy (non-hydrogen) atoms. The van der Waals surface area contributed by atoms with Crippen LogP contribution >= 0.6 is 0 Å². The molecule has 0 saturated carbocycles. The number of carbonyl (C=O) groups excluding carboxylic acids is 2. The van der Waals surface area contributed by atoms with Crippen LogP contribution in [0.4, 0.5) is 53.3 Å². The molecule has 2 atom stereocenters. The molecule has 6 aromatic rings. The van der Waals surface area contributed by atoms with Gasteiger partial charge in [-0.05, 0) is 124 Å². The number of nitrogens with one attached hydrogen (secondary N) is 2. The van der Waals surface area contributed by atoms with Gasteiger partial charge in [0.15, 0.2) is 11.6 Å². The van der Waals surface area contributed by atoms with Crippen LogP contribution in [0.2, 0.25) is 0 Å². The van der Waals surface area contributed by atoms with E-state index in [-0.39, 0.29) is 64.7 Å². The van der Waals surface area contributed by atoms with E-state index in [9.17, 15) is 55.0 Å². The molecule has 0 spiro atoms. The summed E-state index contributed by atoms with van der Waals surface area (Å²) in [6, 6.07) is 19.3. The number of carbonyl (C=O) groups is 4. The van der Waals surface area contributed by atoms with Crippen molar-refractivity contribution in [2.24, 2.45) is 5.92 Å². The fourth-order valence-corrected chi connectivity index (χ4v) is 11.5. The summed E-state index contributed by atoms with van der Waals surface area (Å²) < 4.78 is 95.5. The maximum atomic E-state index is 13.9. The summed E-state index contributed by atoms with van der Waals surface area (Å²) >= 11 is 0. The lowest BCUT2D eigenvalue weighted by Crippen LogP contribution is -2.37. The largest absolute Gasteiger partial charge is 0.480 e. The molecule has 2 heterocycles. The Hall–Kier alpha value is -8.92. The molecule has 0 aliphatic rings. The van der Waals surface area contributed by atoms with E-state index in [0.717, 1.165) is 32.9 Å². The van der Waals surface area contributed by atoms with Gasteiger partial charge in [-0.15, -0.1) is 0 Å². The Morgan fingerprint density at radius 1 is 0.545 bits per heavy atom. The number of ether oxygens (including phenoxy) is 2. The van der Waals surface area contributed by atoms with Crippen LogP contribution in [0.3, 0.4) is 0 Å². The summed E-state index contributed by atoms with van der Waals surface area (Å²) in [6.07, 6.45) is 2.79. The Labute approximate surface area is 513 Å². The molecule has 6 rings (SSSR count). The predicted molar refractivity (Wildman–Crippen MR) is 333 cm³/mol. The molecule has 0 aliphatic heterocycles. The van der Waals surface area contributed by atoms with E-state index in [1.165, 1.54) is 46.5 Å². The molecule has 2 unspecified atom stereocenters. The first kappa shape index (κ1) is 69.8. The number of aromatic nitrogens is 4. The summed E-state index contributed by atoms with van der Waals surface area (Å²) in [6.45, 7) is 15.6. The molecular formula is C60H78F2N12O12S2. The van der Waals surface area contributed by atoms with Crippen molar-refractivity contribution >= 4 is 79.1 Å². The number of unbranched alkanes of at least 4 members (excludes halogenated alkanes) is 1. The number of aliphatic carboxylic acids is 2. The van der Waals surface area contributed by atoms with Gasteiger partial charge in [0.2, 0.25) is 11.9 Å². The third-order valence-corrected chi connectivity index (χ3v) is 16.9. The summed E-state index contributed by atoms with van der Waals surface area (Å²) in [5.41, 5.74) is 1.36. The molecule has 0 saturated heterocycles. The van der Waals surface area contributed by atoms with Crippen LogP contribution in [0.15, 0.2) is 119 Å². The first-order chi connectivity index (χ1) is 41.7. The van der Waals surface area contributed by atoms with Crippen molar-refractivity contribution in [3.63, 3.8) is 0 Å². The molecule has 0 bridgehead atoms. The van der Waals surface area contributed by atoms with Crippen LogP contribution in [0, 0.1) is 17.6 Å². The maximum Gasteiger partial charge on any atom is 0.414 e. The standard InChI is InChI=1S/2C30H39FN6O6S/c1-7-36(8-2)29-32-18-26(37(19-20(3)4)44(41,42)24-15-11-22(31)12-16-24)27(34-29)33-25(28(38)39)17-21-9-13-23(14-10-21)43-30(40)35(5)6;1-6-9-18-37(44(41,42)24-16-12-22(31)13-17-24)26-20-32-29(36(7-2)8-3)34-27(26)33-25(28(38)39)19-21-10-14-23(15-11-21)43-30(40)35(4)5/h9-16,18,20,25H,7-8,17,19H2,1-6H3,(H,38,39)(H,32,33,34);10-17,20,25H,6-9,18-19H2,1-5H3,(H,38,39)(H,32,33,34). The van der Waals surface area contributed by atoms with Crippen LogP contribution in [-0.4, -0.2) is 160 Å². The summed E-state index contributed by atoms with van der Waals surface area (Å²) in [7, 11) is -2.21. The molecule has 0 radical (unpaired) electrons. The molecule has 24 nitrogen and oxygen atoms in total. The Balaban J connectivity index is 0.000000321. The second kappa shape index (κ2) is 32.2. The molecule has 476 valence electrons. The number of hydrogen-bond donors (Lipinski definition) is 4. The Kier molecular flexibility index (Phi) is 25.5. The highest BCUT2D eigenvalue weighted by atomic mass is 32.2. The van der Waals surface area contributed by atoms with Crippen molar-refractivity contribution in [3.05, 3.63) is 132 Å². The highest BCUT2D eigenvalue weighted by Crippen LogP contribution is 2.34. The van der Waals surface area contributed by atoms with E-state index in [4.69, 9.17) is 9.47 Å². The number of amides is 2. The minimum atomic E-state index is -4.23. The highest BCUT2D eigenvalue weighted by Gasteiger charge is 2.33. The molecule has 4 aromatic carbocycles. The SMILES string of the molecule is CCCCN(c1cnc(N(CC)CC)nc1NC(Cc1ccc(OC(=O)N(C)C)cc1)C(=O)O)S(=O)(=O)c1ccc(F)cc1.CCN(CC)c1ncc(N(CC(C)C)S(=O)(=O)c2ccc(F)cc2)c(NC(Cc2ccc(OC(=O)N(C)C)cc2)C(=O)O)n1. The van der Waals surface area contributed by atoms with Crippen molar-refractivity contribution in [1.29, 1.82) is 0 Å². The van der Waals surface area contributed by atoms with Crippen LogP contribution in [0.1, 0.15) is 72.4 Å². The maximum absolute atomic E-state index is 13.9. The van der Waals surface area contributed by atoms with Crippen molar-refractivity contribution in [3.8, 4) is 11.5 Å². The number of nitrogens with zero attached hydrogens (tertiary/aromatic N) is 10. The quantitative estimate of drug-likeness (QED) is 0.0340. The second-order valence-corrected chi connectivity index (χ2v) is 24.4. The number of benzene rings is 4. The number of sulfonamides is 2. The number of hydrogen-bond acceptors (Lipinski definition) is 18. The highest BCUT2D eigenvalue weighted by molar-refractivity contribution is 7.93. The second-order valence-electron chi connectivity index (χ2n) is 20.7. The average Bonchev–Trinajstić information content (AvgIpc) is 1.15. The van der Waals surface area contributed by atoms with Crippen molar-refractivity contribution in [2.45, 2.75) is 96.0 Å². The van der Waals surface area contributed by atoms with Gasteiger partial charge in [-0.25, -0.2) is 54.8 Å². The zero-order chi connectivity index (χ0) is 65.0. The molecule has 0 fully saturated rings. The van der Waals surface area contributed by atoms with Crippen LogP contribution < -0.4 is 38.5 Å². The van der Waals surface area contributed by atoms with Crippen molar-refractivity contribution < 1.29 is 64.5 Å². The van der Waals surface area contributed by atoms with E-state index < -0.39 is 67.9 Å². The Morgan fingerprint density at radius 3 is 1.22 bits per heavy atom. The van der Waals surface area contributed by atoms with Gasteiger partial charge >= 0.3 is 24.1 Å². The summed E-state index contributed by atoms with van der Waals surface area (Å²) in [5.74, 6) is -2.47. The van der Waals surface area contributed by atoms with E-state index in [1.54, 1.807) is 76.7 Å². The van der Waals surface area contributed by atoms with Crippen LogP contribution in [0.5, 0.6) is 11.5 Å². The Bertz CT molecular complexity index is 3510. The number of carboxylic acids is 2. The summed E-state index contributed by atoms with van der Waals surface area (Å²) in [5, 5.41) is 26.3. The molecule has 0 aliphatic carbocycles. The monoisotopic (exact) mass is 1260 g/mol. The topological polar surface area (TPSA) is 291 Å². The van der Waals surface area contributed by atoms with Crippen LogP contribution in [-0.2, 0) is 42.5 Å². The van der Waals surface area contributed by atoms with E-state index >= 15 is 0 Å². The molecular weight excluding hydrogens is 1180 g/mol. The minimum absolute atomic E-state index is 0.000951. The number of halogens is 2. The van der Waals surface area contributed by atoms with Gasteiger partial charge in [0.25, 0.3) is 20.0 Å². The minimum Gasteiger partial charge on any atom is -0.480 e. The zero-order valence-corrected chi connectivity index (χ0v) is 52.8. The number of rotatable bonds is 29. The van der Waals surface area contributed by atoms with E-state index in [1.807, 2.05) is 58.3 Å². The summed E-state index contributed by atoms with van der Waals surface area (Å²) in [4.78, 5) is 72.7. The lowest BCUT2D eigenvalue weighted by atomic mass is 10.1. The van der Waals surface area contributed by atoms with Gasteiger partial charge < -0.3 is 49.9 Å². The molecule has 4 N–H and O–H groups in total. The first-order valence-corrected chi connectivity index (χ1v) is 31.3. The van der Waals surface area contributed by atoms with E-state index in [0.29, 0.717) is 73.5 Å². The fourth-order valence-electron chi connectivity index (χ4n) is 8.40. The van der Waals surface area contributed by atoms with Gasteiger partial charge in [-0.2, -0.15) is 9.97 Å². The molecule has 2 aromatic heterocycles. The van der Waals surface area contributed by atoms with E-state index in [2.05, 4.69) is 30.6 Å². The van der Waals surface area contributed by atoms with Gasteiger partial charge in [0.05, 0.1) is 22.2 Å². The molecule has 2 amide bonds. The van der Waals surface area contributed by atoms with Gasteiger partial charge in [0.1, 0.15) is 46.6 Å². The van der Waals surface area contributed by atoms with Gasteiger partial charge in [0, 0.05) is 80.3 Å². The molecule has 28 heteroatoms. The van der Waals surface area contributed by atoms with Crippen molar-refractivity contribution in [1.82, 2.24) is 29.7 Å². The third-order valence-electron chi connectivity index (χ3n) is 13.3. The lowest BCUT2D eigenvalue weighted by molar-refractivity contribution is -0.138. The predicted octanol–water partition coefficient (Wildman–Crippen LogP) is 9.11. The third kappa shape index (κ3) is 19.0. The fraction of sp³-hybridized carbons (Fsp3) is 0.400. The van der Waals surface area contributed by atoms with Crippen LogP contribution in [0.25, 0.3) is 0 Å². The number of anilines is 6. The first-order valence-electron chi connectivity index (χ1n) is 28.4.